The molecule has 2 N–H and O–H groups in total. The van der Waals surface area contributed by atoms with E-state index in [9.17, 15) is 13.2 Å². The molecule has 1 aliphatic heterocycles. The Hall–Kier alpha value is -1.07. The van der Waals surface area contributed by atoms with E-state index in [4.69, 9.17) is 5.73 Å². The summed E-state index contributed by atoms with van der Waals surface area (Å²) in [5.41, 5.74) is 5.99. The Morgan fingerprint density at radius 3 is 2.38 bits per heavy atom. The average Bonchev–Trinajstić information content (AvgIpc) is 2.99. The lowest BCUT2D eigenvalue weighted by Gasteiger charge is -2.43. The Balaban J connectivity index is 2.31. The van der Waals surface area contributed by atoms with Crippen LogP contribution in [-0.2, 0) is 6.18 Å². The smallest absolute Gasteiger partial charge is 0.322 e. The topological polar surface area (TPSA) is 29.3 Å². The molecule has 5 heteroatoms. The summed E-state index contributed by atoms with van der Waals surface area (Å²) in [6.07, 6.45) is -1.26. The molecule has 1 aromatic rings. The van der Waals surface area contributed by atoms with Gasteiger partial charge in [0.15, 0.2) is 0 Å². The largest absolute Gasteiger partial charge is 0.416 e. The van der Waals surface area contributed by atoms with Gasteiger partial charge in [0.1, 0.15) is 0 Å². The van der Waals surface area contributed by atoms with Crippen molar-refractivity contribution >= 4 is 0 Å². The number of halogens is 3. The lowest BCUT2D eigenvalue weighted by atomic mass is 9.83. The van der Waals surface area contributed by atoms with Gasteiger partial charge < -0.3 is 5.73 Å². The number of alkyl halides is 3. The molecular weight excluding hydrogens is 277 g/mol. The minimum Gasteiger partial charge on any atom is -0.322 e. The van der Waals surface area contributed by atoms with Crippen LogP contribution in [0.4, 0.5) is 13.2 Å². The van der Waals surface area contributed by atoms with Gasteiger partial charge >= 0.3 is 6.18 Å². The van der Waals surface area contributed by atoms with Crippen LogP contribution in [0.15, 0.2) is 24.3 Å². The minimum atomic E-state index is -4.33. The third-order valence-electron chi connectivity index (χ3n) is 4.79. The summed E-state index contributed by atoms with van der Waals surface area (Å²) in [5, 5.41) is 0. The zero-order valence-corrected chi connectivity index (χ0v) is 12.6. The van der Waals surface area contributed by atoms with Gasteiger partial charge in [0.2, 0.25) is 0 Å². The van der Waals surface area contributed by atoms with Crippen LogP contribution in [0.1, 0.15) is 50.3 Å². The first kappa shape index (κ1) is 16.3. The third-order valence-corrected chi connectivity index (χ3v) is 4.79. The van der Waals surface area contributed by atoms with Gasteiger partial charge in [0.25, 0.3) is 0 Å². The van der Waals surface area contributed by atoms with Crippen molar-refractivity contribution in [3.8, 4) is 0 Å². The minimum absolute atomic E-state index is 0.305. The monoisotopic (exact) mass is 300 g/mol. The van der Waals surface area contributed by atoms with Gasteiger partial charge in [-0.15, -0.1) is 0 Å². The Kier molecular flexibility index (Phi) is 4.63. The molecule has 0 aromatic heterocycles. The molecule has 0 bridgehead atoms. The fraction of sp³-hybridized carbons (Fsp3) is 0.625. The summed E-state index contributed by atoms with van der Waals surface area (Å²) in [4.78, 5) is 2.32. The van der Waals surface area contributed by atoms with Gasteiger partial charge in [0, 0.05) is 11.6 Å². The van der Waals surface area contributed by atoms with Crippen LogP contribution in [-0.4, -0.2) is 23.5 Å². The van der Waals surface area contributed by atoms with Crippen molar-refractivity contribution in [2.24, 2.45) is 5.73 Å². The van der Waals surface area contributed by atoms with Crippen LogP contribution in [0.25, 0.3) is 0 Å². The van der Waals surface area contributed by atoms with Crippen molar-refractivity contribution in [3.05, 3.63) is 35.4 Å². The molecular formula is C16H23F3N2. The van der Waals surface area contributed by atoms with Gasteiger partial charge in [-0.2, -0.15) is 13.2 Å². The van der Waals surface area contributed by atoms with Gasteiger partial charge in [-0.25, -0.2) is 0 Å². The number of nitrogens with zero attached hydrogens (tertiary/aromatic N) is 1. The van der Waals surface area contributed by atoms with Gasteiger partial charge in [-0.05, 0) is 57.0 Å². The first-order valence-corrected chi connectivity index (χ1v) is 7.47. The van der Waals surface area contributed by atoms with E-state index in [1.807, 2.05) is 6.92 Å². The molecule has 1 saturated heterocycles. The molecule has 1 aromatic carbocycles. The quantitative estimate of drug-likeness (QED) is 0.911. The summed E-state index contributed by atoms with van der Waals surface area (Å²) >= 11 is 0. The standard InChI is InChI=1S/C16H23F3N2/c1-3-15(2,21-9-4-5-10-21)14(20)12-7-6-8-13(11-12)16(17,18)19/h6-8,11,14H,3-5,9-10,20H2,1-2H3. The summed E-state index contributed by atoms with van der Waals surface area (Å²) in [6.45, 7) is 6.04. The van der Waals surface area contributed by atoms with Crippen LogP contribution in [0.5, 0.6) is 0 Å². The molecule has 2 unspecified atom stereocenters. The van der Waals surface area contributed by atoms with Crippen LogP contribution in [0.2, 0.25) is 0 Å². The summed E-state index contributed by atoms with van der Waals surface area (Å²) in [7, 11) is 0. The molecule has 0 aliphatic carbocycles. The van der Waals surface area contributed by atoms with Crippen molar-refractivity contribution in [1.82, 2.24) is 4.90 Å². The molecule has 2 rings (SSSR count). The van der Waals surface area contributed by atoms with E-state index in [0.29, 0.717) is 5.56 Å². The van der Waals surface area contributed by atoms with E-state index in [0.717, 1.165) is 38.4 Å². The first-order valence-electron chi connectivity index (χ1n) is 7.47. The summed E-state index contributed by atoms with van der Waals surface area (Å²) < 4.78 is 38.6. The fourth-order valence-corrected chi connectivity index (χ4v) is 3.14. The van der Waals surface area contributed by atoms with Gasteiger partial charge in [-0.3, -0.25) is 4.90 Å². The third kappa shape index (κ3) is 3.24. The maximum absolute atomic E-state index is 12.9. The van der Waals surface area contributed by atoms with Crippen LogP contribution < -0.4 is 5.73 Å². The average molecular weight is 300 g/mol. The molecule has 2 atom stereocenters. The zero-order valence-electron chi connectivity index (χ0n) is 12.6. The SMILES string of the molecule is CCC(C)(C(N)c1cccc(C(F)(F)F)c1)N1CCCC1. The predicted molar refractivity (Wildman–Crippen MR) is 77.9 cm³/mol. The predicted octanol–water partition coefficient (Wildman–Crippen LogP) is 3.97. The van der Waals surface area contributed by atoms with E-state index >= 15 is 0 Å². The number of hydrogen-bond donors (Lipinski definition) is 1. The maximum Gasteiger partial charge on any atom is 0.416 e. The Labute approximate surface area is 124 Å². The molecule has 2 nitrogen and oxygen atoms in total. The molecule has 0 amide bonds. The van der Waals surface area contributed by atoms with Crippen molar-refractivity contribution < 1.29 is 13.2 Å². The molecule has 21 heavy (non-hydrogen) atoms. The molecule has 1 aliphatic rings. The highest BCUT2D eigenvalue weighted by atomic mass is 19.4. The van der Waals surface area contributed by atoms with Crippen LogP contribution in [0.3, 0.4) is 0 Å². The van der Waals surface area contributed by atoms with E-state index in [1.54, 1.807) is 6.07 Å². The highest BCUT2D eigenvalue weighted by Gasteiger charge is 2.39. The molecule has 0 radical (unpaired) electrons. The van der Waals surface area contributed by atoms with Crippen LogP contribution in [0, 0.1) is 0 Å². The summed E-state index contributed by atoms with van der Waals surface area (Å²) in [5.74, 6) is 0. The van der Waals surface area contributed by atoms with Crippen molar-refractivity contribution in [3.63, 3.8) is 0 Å². The lowest BCUT2D eigenvalue weighted by molar-refractivity contribution is -0.137. The molecule has 118 valence electrons. The van der Waals surface area contributed by atoms with Gasteiger partial charge in [0.05, 0.1) is 5.56 Å². The van der Waals surface area contributed by atoms with Crippen molar-refractivity contribution in [2.45, 2.75) is 50.9 Å². The van der Waals surface area contributed by atoms with E-state index in [1.165, 1.54) is 12.1 Å². The Bertz CT molecular complexity index is 481. The van der Waals surface area contributed by atoms with Crippen molar-refractivity contribution in [2.75, 3.05) is 13.1 Å². The molecule has 1 fully saturated rings. The Morgan fingerprint density at radius 1 is 1.24 bits per heavy atom. The summed E-state index contributed by atoms with van der Waals surface area (Å²) in [6, 6.07) is 4.99. The highest BCUT2D eigenvalue weighted by Crippen LogP contribution is 2.37. The van der Waals surface area contributed by atoms with E-state index < -0.39 is 17.8 Å². The maximum atomic E-state index is 12.9. The molecule has 0 spiro atoms. The normalized spacial score (nSPS) is 21.2. The molecule has 0 saturated carbocycles. The van der Waals surface area contributed by atoms with Crippen molar-refractivity contribution in [1.29, 1.82) is 0 Å². The second-order valence-electron chi connectivity index (χ2n) is 6.01. The first-order chi connectivity index (χ1) is 9.79. The Morgan fingerprint density at radius 2 is 1.86 bits per heavy atom. The number of benzene rings is 1. The van der Waals surface area contributed by atoms with E-state index in [2.05, 4.69) is 11.8 Å². The fourth-order valence-electron chi connectivity index (χ4n) is 3.14. The second kappa shape index (κ2) is 5.97. The number of rotatable bonds is 4. The highest BCUT2D eigenvalue weighted by molar-refractivity contribution is 5.30. The molecule has 1 heterocycles. The second-order valence-corrected chi connectivity index (χ2v) is 6.01. The van der Waals surface area contributed by atoms with Crippen LogP contribution >= 0.6 is 0 Å². The number of likely N-dealkylation sites (tertiary alicyclic amines) is 1. The zero-order chi connectivity index (χ0) is 15.7. The van der Waals surface area contributed by atoms with E-state index in [-0.39, 0.29) is 5.54 Å². The van der Waals surface area contributed by atoms with Gasteiger partial charge in [-0.1, -0.05) is 19.1 Å². The number of hydrogen-bond acceptors (Lipinski definition) is 2. The lowest BCUT2D eigenvalue weighted by Crippen LogP contribution is -2.51. The number of nitrogens with two attached hydrogens (primary N) is 1.